The Morgan fingerprint density at radius 3 is 2.62 bits per heavy atom. The maximum Gasteiger partial charge on any atom is 0.119 e. The first-order chi connectivity index (χ1) is 10.2. The lowest BCUT2D eigenvalue weighted by Crippen LogP contribution is -2.32. The number of aliphatic hydroxyl groups is 1. The van der Waals surface area contributed by atoms with E-state index in [1.54, 1.807) is 0 Å². The summed E-state index contributed by atoms with van der Waals surface area (Å²) in [6, 6.07) is 9.73. The summed E-state index contributed by atoms with van der Waals surface area (Å²) >= 11 is 0. The lowest BCUT2D eigenvalue weighted by molar-refractivity contribution is 0.206. The van der Waals surface area contributed by atoms with Crippen LogP contribution in [0.25, 0.3) is 0 Å². The third kappa shape index (κ3) is 6.81. The minimum Gasteiger partial charge on any atom is -0.492 e. The Kier molecular flexibility index (Phi) is 7.97. The van der Waals surface area contributed by atoms with Gasteiger partial charge in [0.1, 0.15) is 19.0 Å². The molecule has 0 radical (unpaired) electrons. The van der Waals surface area contributed by atoms with E-state index in [1.165, 1.54) is 0 Å². The van der Waals surface area contributed by atoms with Crippen molar-refractivity contribution in [3.05, 3.63) is 29.8 Å². The van der Waals surface area contributed by atoms with Gasteiger partial charge in [-0.3, -0.25) is 4.90 Å². The number of likely N-dealkylation sites (N-methyl/N-ethyl adjacent to an activating group) is 1. The van der Waals surface area contributed by atoms with Gasteiger partial charge in [-0.1, -0.05) is 18.8 Å². The topological polar surface area (TPSA) is 56.5 Å². The molecule has 0 aliphatic heterocycles. The quantitative estimate of drug-likeness (QED) is 0.778. The zero-order valence-electron chi connectivity index (χ0n) is 12.7. The Morgan fingerprint density at radius 2 is 2.05 bits per heavy atom. The van der Waals surface area contributed by atoms with Crippen molar-refractivity contribution >= 4 is 0 Å². The maximum atomic E-state index is 8.84. The van der Waals surface area contributed by atoms with E-state index in [9.17, 15) is 0 Å². The molecule has 21 heavy (non-hydrogen) atoms. The van der Waals surface area contributed by atoms with Crippen LogP contribution in [0, 0.1) is 29.1 Å². The van der Waals surface area contributed by atoms with Crippen molar-refractivity contribution < 1.29 is 9.84 Å². The van der Waals surface area contributed by atoms with E-state index in [4.69, 9.17) is 15.1 Å². The van der Waals surface area contributed by atoms with Crippen molar-refractivity contribution in [3.63, 3.8) is 0 Å². The lowest BCUT2D eigenvalue weighted by atomic mass is 10.2. The molecule has 0 aliphatic rings. The van der Waals surface area contributed by atoms with Gasteiger partial charge in [-0.25, -0.2) is 0 Å². The second kappa shape index (κ2) is 9.83. The highest BCUT2D eigenvalue weighted by Gasteiger charge is 2.07. The molecule has 0 saturated carbocycles. The Morgan fingerprint density at radius 1 is 1.33 bits per heavy atom. The van der Waals surface area contributed by atoms with Crippen LogP contribution in [0.2, 0.25) is 0 Å². The predicted octanol–water partition coefficient (Wildman–Crippen LogP) is 1.89. The van der Waals surface area contributed by atoms with Crippen LogP contribution < -0.4 is 4.74 Å². The summed E-state index contributed by atoms with van der Waals surface area (Å²) < 4.78 is 5.69. The van der Waals surface area contributed by atoms with Crippen molar-refractivity contribution in [3.8, 4) is 23.7 Å². The Balaban J connectivity index is 2.39. The molecule has 0 aromatic heterocycles. The fraction of sp³-hybridized carbons (Fsp3) is 0.471. The van der Waals surface area contributed by atoms with Crippen LogP contribution in [0.3, 0.4) is 0 Å². The molecule has 1 atom stereocenters. The van der Waals surface area contributed by atoms with Crippen LogP contribution >= 0.6 is 0 Å². The smallest absolute Gasteiger partial charge is 0.119 e. The van der Waals surface area contributed by atoms with Gasteiger partial charge in [0, 0.05) is 18.7 Å². The molecule has 0 saturated heterocycles. The second-order valence-electron chi connectivity index (χ2n) is 4.76. The first-order valence-electron chi connectivity index (χ1n) is 7.14. The molecule has 1 unspecified atom stereocenters. The third-order valence-electron chi connectivity index (χ3n) is 3.04. The van der Waals surface area contributed by atoms with Crippen molar-refractivity contribution in [2.45, 2.75) is 13.8 Å². The molecule has 112 valence electrons. The normalized spacial score (nSPS) is 11.4. The minimum absolute atomic E-state index is 0.0364. The molecule has 1 aromatic carbocycles. The molecule has 0 fully saturated rings. The number of ether oxygens (including phenoxy) is 1. The molecule has 1 rings (SSSR count). The summed E-state index contributed by atoms with van der Waals surface area (Å²) in [6.07, 6.45) is 0. The standard InChI is InChI=1S/C17H22N2O2/c1-3-19(14-15(2)13-18)10-12-21-17-8-6-16(7-9-17)5-4-11-20/h6-9,15,20H,3,10-12,14H2,1-2H3. The fourth-order valence-corrected chi connectivity index (χ4v) is 1.88. The van der Waals surface area contributed by atoms with Crippen LogP contribution in [0.1, 0.15) is 19.4 Å². The summed E-state index contributed by atoms with van der Waals surface area (Å²) in [6.45, 7) is 6.94. The van der Waals surface area contributed by atoms with Crippen LogP contribution in [-0.2, 0) is 0 Å². The largest absolute Gasteiger partial charge is 0.492 e. The molecule has 4 nitrogen and oxygen atoms in total. The number of hydrogen-bond acceptors (Lipinski definition) is 4. The number of rotatable bonds is 7. The van der Waals surface area contributed by atoms with Gasteiger partial charge in [0.2, 0.25) is 0 Å². The lowest BCUT2D eigenvalue weighted by Gasteiger charge is -2.21. The average molecular weight is 286 g/mol. The highest BCUT2D eigenvalue weighted by atomic mass is 16.5. The van der Waals surface area contributed by atoms with E-state index < -0.39 is 0 Å². The van der Waals surface area contributed by atoms with Crippen molar-refractivity contribution in [1.29, 1.82) is 5.26 Å². The summed E-state index contributed by atoms with van der Waals surface area (Å²) in [5, 5.41) is 17.5. The van der Waals surface area contributed by atoms with Gasteiger partial charge in [0.15, 0.2) is 0 Å². The Labute approximate surface area is 127 Å². The Bertz CT molecular complexity index is 508. The van der Waals surface area contributed by atoms with E-state index in [-0.39, 0.29) is 12.5 Å². The molecule has 1 aromatic rings. The first-order valence-corrected chi connectivity index (χ1v) is 7.14. The molecular weight excluding hydrogens is 264 g/mol. The van der Waals surface area contributed by atoms with Gasteiger partial charge in [0.25, 0.3) is 0 Å². The van der Waals surface area contributed by atoms with Gasteiger partial charge in [-0.2, -0.15) is 5.26 Å². The Hall–Kier alpha value is -2.01. The molecule has 1 N–H and O–H groups in total. The van der Waals surface area contributed by atoms with E-state index in [2.05, 4.69) is 29.7 Å². The summed E-state index contributed by atoms with van der Waals surface area (Å²) in [4.78, 5) is 2.20. The summed E-state index contributed by atoms with van der Waals surface area (Å²) in [5.74, 6) is 6.28. The van der Waals surface area contributed by atoms with Gasteiger partial charge in [-0.15, -0.1) is 0 Å². The van der Waals surface area contributed by atoms with Gasteiger partial charge in [-0.05, 0) is 37.7 Å². The molecule has 0 bridgehead atoms. The number of aliphatic hydroxyl groups excluding tert-OH is 1. The van der Waals surface area contributed by atoms with Crippen LogP contribution in [0.4, 0.5) is 0 Å². The van der Waals surface area contributed by atoms with Gasteiger partial charge in [0.05, 0.1) is 12.0 Å². The molecule has 0 amide bonds. The van der Waals surface area contributed by atoms with Crippen LogP contribution in [0.15, 0.2) is 24.3 Å². The van der Waals surface area contributed by atoms with E-state index in [0.29, 0.717) is 6.61 Å². The monoisotopic (exact) mass is 286 g/mol. The highest BCUT2D eigenvalue weighted by Crippen LogP contribution is 2.11. The molecular formula is C17H22N2O2. The zero-order chi connectivity index (χ0) is 15.5. The zero-order valence-corrected chi connectivity index (χ0v) is 12.7. The fourth-order valence-electron chi connectivity index (χ4n) is 1.88. The first kappa shape index (κ1) is 17.0. The van der Waals surface area contributed by atoms with E-state index in [0.717, 1.165) is 30.9 Å². The average Bonchev–Trinajstić information content (AvgIpc) is 2.52. The summed E-state index contributed by atoms with van der Waals surface area (Å²) in [7, 11) is 0. The number of nitriles is 1. The van der Waals surface area contributed by atoms with Crippen LogP contribution in [0.5, 0.6) is 5.75 Å². The summed E-state index contributed by atoms with van der Waals surface area (Å²) in [5.41, 5.74) is 0.856. The molecule has 4 heteroatoms. The van der Waals surface area contributed by atoms with Crippen molar-refractivity contribution in [1.82, 2.24) is 4.90 Å². The molecule has 0 aliphatic carbocycles. The van der Waals surface area contributed by atoms with Gasteiger partial charge < -0.3 is 9.84 Å². The minimum atomic E-state index is -0.133. The van der Waals surface area contributed by atoms with Crippen molar-refractivity contribution in [2.24, 2.45) is 5.92 Å². The predicted molar refractivity (Wildman–Crippen MR) is 82.8 cm³/mol. The van der Waals surface area contributed by atoms with E-state index in [1.807, 2.05) is 31.2 Å². The molecule has 0 heterocycles. The highest BCUT2D eigenvalue weighted by molar-refractivity contribution is 5.38. The third-order valence-corrected chi connectivity index (χ3v) is 3.04. The molecule has 0 spiro atoms. The number of nitrogens with zero attached hydrogens (tertiary/aromatic N) is 2. The SMILES string of the molecule is CCN(CCOc1ccc(C#CCO)cc1)CC(C)C#N. The number of hydrogen-bond donors (Lipinski definition) is 1. The van der Waals surface area contributed by atoms with Gasteiger partial charge >= 0.3 is 0 Å². The second-order valence-corrected chi connectivity index (χ2v) is 4.76. The van der Waals surface area contributed by atoms with Crippen molar-refractivity contribution in [2.75, 3.05) is 32.8 Å². The maximum absolute atomic E-state index is 8.84. The van der Waals surface area contributed by atoms with Crippen LogP contribution in [-0.4, -0.2) is 42.9 Å². The van der Waals surface area contributed by atoms with E-state index >= 15 is 0 Å². The number of benzene rings is 1.